The molecule has 1 aromatic heterocycles. The van der Waals surface area contributed by atoms with Crippen LogP contribution in [0.3, 0.4) is 0 Å². The van der Waals surface area contributed by atoms with Gasteiger partial charge in [0.2, 0.25) is 10.4 Å². The maximum atomic E-state index is 5.83. The number of rotatable bonds is 2. The zero-order valence-electron chi connectivity index (χ0n) is 9.54. The van der Waals surface area contributed by atoms with Crippen LogP contribution in [-0.2, 0) is 0 Å². The van der Waals surface area contributed by atoms with Gasteiger partial charge in [0.25, 0.3) is 5.88 Å². The summed E-state index contributed by atoms with van der Waals surface area (Å²) in [5.74, 6) is 0.754. The maximum absolute atomic E-state index is 5.83. The highest BCUT2D eigenvalue weighted by Crippen LogP contribution is 2.31. The fourth-order valence-electron chi connectivity index (χ4n) is 1.42. The highest BCUT2D eigenvalue weighted by Gasteiger charge is 2.10. The van der Waals surface area contributed by atoms with E-state index in [4.69, 9.17) is 27.9 Å². The average molecular weight is 349 g/mol. The van der Waals surface area contributed by atoms with E-state index in [1.54, 1.807) is 0 Å². The topological polar surface area (TPSA) is 47.9 Å². The van der Waals surface area contributed by atoms with E-state index in [-0.39, 0.29) is 16.3 Å². The van der Waals surface area contributed by atoms with Crippen molar-refractivity contribution in [1.29, 1.82) is 0 Å². The molecule has 0 N–H and O–H groups in total. The Morgan fingerprint density at radius 2 is 1.72 bits per heavy atom. The monoisotopic (exact) mass is 347 g/mol. The minimum absolute atomic E-state index is 0.0139. The predicted octanol–water partition coefficient (Wildman–Crippen LogP) is 4.35. The molecule has 18 heavy (non-hydrogen) atoms. The standard InChI is InChI=1S/C11H8BrCl2N3O/c1-5-3-7(4-6(2)8(5)12)18-10-9(13)16-17-11(14)15-10/h3-4H,1-2H3. The summed E-state index contributed by atoms with van der Waals surface area (Å²) in [5.41, 5.74) is 2.10. The SMILES string of the molecule is Cc1cc(Oc2nc(Cl)nnc2Cl)cc(C)c1Br. The number of benzene rings is 1. The molecular weight excluding hydrogens is 341 g/mol. The normalized spacial score (nSPS) is 10.5. The molecule has 0 atom stereocenters. The summed E-state index contributed by atoms with van der Waals surface area (Å²) in [5, 5.41) is 7.19. The van der Waals surface area contributed by atoms with Crippen molar-refractivity contribution < 1.29 is 4.74 Å². The van der Waals surface area contributed by atoms with Crippen molar-refractivity contribution in [2.75, 3.05) is 0 Å². The van der Waals surface area contributed by atoms with Gasteiger partial charge in [-0.1, -0.05) is 27.5 Å². The molecule has 4 nitrogen and oxygen atoms in total. The van der Waals surface area contributed by atoms with Crippen LogP contribution in [0.5, 0.6) is 11.6 Å². The Balaban J connectivity index is 2.37. The molecule has 1 heterocycles. The fraction of sp³-hybridized carbons (Fsp3) is 0.182. The van der Waals surface area contributed by atoms with Crippen LogP contribution in [0, 0.1) is 13.8 Å². The molecule has 0 unspecified atom stereocenters. The first-order chi connectivity index (χ1) is 8.47. The Bertz CT molecular complexity index is 584. The van der Waals surface area contributed by atoms with Gasteiger partial charge in [-0.05, 0) is 48.7 Å². The van der Waals surface area contributed by atoms with E-state index in [0.717, 1.165) is 15.6 Å². The van der Waals surface area contributed by atoms with Crippen LogP contribution in [0.15, 0.2) is 16.6 Å². The number of hydrogen-bond donors (Lipinski definition) is 0. The lowest BCUT2D eigenvalue weighted by molar-refractivity contribution is 0.456. The van der Waals surface area contributed by atoms with E-state index < -0.39 is 0 Å². The lowest BCUT2D eigenvalue weighted by Crippen LogP contribution is -1.95. The van der Waals surface area contributed by atoms with Gasteiger partial charge in [0, 0.05) is 4.47 Å². The lowest BCUT2D eigenvalue weighted by Gasteiger charge is -2.09. The first kappa shape index (κ1) is 13.5. The van der Waals surface area contributed by atoms with Crippen LogP contribution in [0.4, 0.5) is 0 Å². The van der Waals surface area contributed by atoms with E-state index in [1.165, 1.54) is 0 Å². The largest absolute Gasteiger partial charge is 0.436 e. The summed E-state index contributed by atoms with van der Waals surface area (Å²) in [6.07, 6.45) is 0. The summed E-state index contributed by atoms with van der Waals surface area (Å²) in [6.45, 7) is 3.94. The molecule has 94 valence electrons. The molecule has 2 rings (SSSR count). The highest BCUT2D eigenvalue weighted by atomic mass is 79.9. The Hall–Kier alpha value is -0.910. The van der Waals surface area contributed by atoms with Crippen molar-refractivity contribution in [2.24, 2.45) is 0 Å². The number of ether oxygens (including phenoxy) is 1. The van der Waals surface area contributed by atoms with E-state index in [0.29, 0.717) is 5.75 Å². The molecule has 0 saturated carbocycles. The molecule has 0 aliphatic heterocycles. The van der Waals surface area contributed by atoms with Gasteiger partial charge in [0.05, 0.1) is 0 Å². The van der Waals surface area contributed by atoms with Gasteiger partial charge in [0.15, 0.2) is 0 Å². The Labute approximate surface area is 122 Å². The molecular formula is C11H8BrCl2N3O. The molecule has 0 saturated heterocycles. The molecule has 0 radical (unpaired) electrons. The Morgan fingerprint density at radius 1 is 1.11 bits per heavy atom. The molecule has 0 aliphatic carbocycles. The maximum Gasteiger partial charge on any atom is 0.262 e. The molecule has 0 amide bonds. The van der Waals surface area contributed by atoms with Gasteiger partial charge in [-0.3, -0.25) is 0 Å². The molecule has 0 bridgehead atoms. The van der Waals surface area contributed by atoms with E-state index in [1.807, 2.05) is 26.0 Å². The molecule has 0 fully saturated rings. The zero-order valence-corrected chi connectivity index (χ0v) is 12.6. The summed E-state index contributed by atoms with van der Waals surface area (Å²) in [7, 11) is 0. The van der Waals surface area contributed by atoms with Crippen molar-refractivity contribution in [3.63, 3.8) is 0 Å². The van der Waals surface area contributed by atoms with Crippen LogP contribution in [0.1, 0.15) is 11.1 Å². The molecule has 1 aromatic carbocycles. The van der Waals surface area contributed by atoms with Crippen LogP contribution >= 0.6 is 39.1 Å². The summed E-state index contributed by atoms with van der Waals surface area (Å²) < 4.78 is 6.60. The van der Waals surface area contributed by atoms with Gasteiger partial charge in [-0.2, -0.15) is 4.98 Å². The average Bonchev–Trinajstić information content (AvgIpc) is 2.31. The minimum Gasteiger partial charge on any atom is -0.436 e. The number of nitrogens with zero attached hydrogens (tertiary/aromatic N) is 3. The van der Waals surface area contributed by atoms with E-state index in [9.17, 15) is 0 Å². The van der Waals surface area contributed by atoms with Crippen molar-refractivity contribution in [2.45, 2.75) is 13.8 Å². The van der Waals surface area contributed by atoms with Crippen LogP contribution < -0.4 is 4.74 Å². The summed E-state index contributed by atoms with van der Waals surface area (Å²) >= 11 is 15.0. The second kappa shape index (κ2) is 5.38. The Kier molecular flexibility index (Phi) is 4.04. The van der Waals surface area contributed by atoms with E-state index >= 15 is 0 Å². The lowest BCUT2D eigenvalue weighted by atomic mass is 10.1. The summed E-state index contributed by atoms with van der Waals surface area (Å²) in [6, 6.07) is 3.73. The van der Waals surface area contributed by atoms with Gasteiger partial charge < -0.3 is 4.74 Å². The van der Waals surface area contributed by atoms with Gasteiger partial charge >= 0.3 is 0 Å². The molecule has 0 aliphatic rings. The fourth-order valence-corrected chi connectivity index (χ4v) is 1.88. The molecule has 7 heteroatoms. The highest BCUT2D eigenvalue weighted by molar-refractivity contribution is 9.10. The van der Waals surface area contributed by atoms with Crippen LogP contribution in [0.25, 0.3) is 0 Å². The third kappa shape index (κ3) is 2.91. The molecule has 0 spiro atoms. The van der Waals surface area contributed by atoms with Crippen LogP contribution in [-0.4, -0.2) is 15.2 Å². The minimum atomic E-state index is -0.0139. The third-order valence-electron chi connectivity index (χ3n) is 2.22. The second-order valence-electron chi connectivity index (χ2n) is 3.65. The van der Waals surface area contributed by atoms with Crippen molar-refractivity contribution in [1.82, 2.24) is 15.2 Å². The van der Waals surface area contributed by atoms with Crippen molar-refractivity contribution in [3.05, 3.63) is 38.2 Å². The first-order valence-corrected chi connectivity index (χ1v) is 6.52. The summed E-state index contributed by atoms with van der Waals surface area (Å²) in [4.78, 5) is 3.88. The zero-order chi connectivity index (χ0) is 13.3. The quantitative estimate of drug-likeness (QED) is 0.809. The smallest absolute Gasteiger partial charge is 0.262 e. The second-order valence-corrected chi connectivity index (χ2v) is 5.14. The Morgan fingerprint density at radius 3 is 2.33 bits per heavy atom. The number of aryl methyl sites for hydroxylation is 2. The number of hydrogen-bond acceptors (Lipinski definition) is 4. The number of aromatic nitrogens is 3. The third-order valence-corrected chi connectivity index (χ3v) is 3.86. The van der Waals surface area contributed by atoms with Gasteiger partial charge in [-0.15, -0.1) is 10.2 Å². The van der Waals surface area contributed by atoms with Gasteiger partial charge in [-0.25, -0.2) is 0 Å². The first-order valence-electron chi connectivity index (χ1n) is 4.97. The molecule has 2 aromatic rings. The van der Waals surface area contributed by atoms with Gasteiger partial charge in [0.1, 0.15) is 5.75 Å². The predicted molar refractivity (Wildman–Crippen MR) is 73.5 cm³/mol. The van der Waals surface area contributed by atoms with Crippen molar-refractivity contribution in [3.8, 4) is 11.6 Å². The van der Waals surface area contributed by atoms with E-state index in [2.05, 4.69) is 31.1 Å². The van der Waals surface area contributed by atoms with Crippen molar-refractivity contribution >= 4 is 39.1 Å². The number of halogens is 3. The van der Waals surface area contributed by atoms with Crippen LogP contribution in [0.2, 0.25) is 10.4 Å².